The fourth-order valence-corrected chi connectivity index (χ4v) is 3.74. The second-order valence-electron chi connectivity index (χ2n) is 6.60. The van der Waals surface area contributed by atoms with E-state index in [0.717, 1.165) is 37.4 Å². The molecule has 2 N–H and O–H groups in total. The minimum Gasteiger partial charge on any atom is -0.481 e. The molecule has 7 nitrogen and oxygen atoms in total. The van der Waals surface area contributed by atoms with E-state index >= 15 is 0 Å². The second kappa shape index (κ2) is 9.03. The van der Waals surface area contributed by atoms with E-state index in [1.165, 1.54) is 24.3 Å². The molecule has 8 heteroatoms. The molecule has 0 bridgehead atoms. The van der Waals surface area contributed by atoms with Gasteiger partial charge in [-0.15, -0.1) is 11.8 Å². The molecule has 0 spiro atoms. The van der Waals surface area contributed by atoms with Gasteiger partial charge in [-0.3, -0.25) is 24.1 Å². The van der Waals surface area contributed by atoms with Crippen LogP contribution < -0.4 is 5.32 Å². The van der Waals surface area contributed by atoms with Gasteiger partial charge in [0.2, 0.25) is 5.91 Å². The van der Waals surface area contributed by atoms with E-state index in [0.29, 0.717) is 12.5 Å². The van der Waals surface area contributed by atoms with E-state index in [-0.39, 0.29) is 34.9 Å². The van der Waals surface area contributed by atoms with Crippen molar-refractivity contribution in [3.05, 3.63) is 11.0 Å². The number of nitrogens with zero attached hydrogens (tertiary/aromatic N) is 1. The van der Waals surface area contributed by atoms with Crippen molar-refractivity contribution in [3.63, 3.8) is 0 Å². The Hall–Kier alpha value is -1.83. The van der Waals surface area contributed by atoms with E-state index in [2.05, 4.69) is 5.32 Å². The van der Waals surface area contributed by atoms with Gasteiger partial charge in [-0.25, -0.2) is 0 Å². The molecule has 1 atom stereocenters. The molecular formula is C17H24N2O5S. The van der Waals surface area contributed by atoms with E-state index < -0.39 is 11.9 Å². The zero-order valence-electron chi connectivity index (χ0n) is 14.3. The molecule has 1 unspecified atom stereocenters. The Balaban J connectivity index is 1.77. The maximum atomic E-state index is 12.4. The Morgan fingerprint density at radius 2 is 2.00 bits per heavy atom. The van der Waals surface area contributed by atoms with Crippen LogP contribution in [0.4, 0.5) is 0 Å². The minimum atomic E-state index is -0.981. The first-order valence-electron chi connectivity index (χ1n) is 8.58. The lowest BCUT2D eigenvalue weighted by molar-refractivity contribution is -0.141. The highest BCUT2D eigenvalue weighted by atomic mass is 32.2. The fourth-order valence-electron chi connectivity index (χ4n) is 2.94. The molecule has 1 saturated carbocycles. The second-order valence-corrected chi connectivity index (χ2v) is 7.62. The third-order valence-corrected chi connectivity index (χ3v) is 5.54. The third kappa shape index (κ3) is 5.59. The SMILES string of the molecule is CC(CNC(=O)CSC1=CC(=O)N(CC2CCCCC2)C1=O)C(=O)O. The maximum absolute atomic E-state index is 12.4. The standard InChI is InChI=1S/C17H24N2O5S/c1-11(17(23)24)8-18-14(20)10-25-13-7-15(21)19(16(13)22)9-12-5-3-2-4-6-12/h7,11-12H,2-6,8-10H2,1H3,(H,18,20)(H,23,24). The van der Waals surface area contributed by atoms with Gasteiger partial charge in [-0.05, 0) is 18.8 Å². The summed E-state index contributed by atoms with van der Waals surface area (Å²) in [5, 5.41) is 11.3. The third-order valence-electron chi connectivity index (χ3n) is 4.53. The molecule has 1 heterocycles. The molecule has 0 saturated heterocycles. The first-order valence-corrected chi connectivity index (χ1v) is 9.57. The Bertz CT molecular complexity index is 584. The Labute approximate surface area is 151 Å². The summed E-state index contributed by atoms with van der Waals surface area (Å²) in [6.45, 7) is 2.00. The average Bonchev–Trinajstić information content (AvgIpc) is 2.86. The van der Waals surface area contributed by atoms with E-state index in [4.69, 9.17) is 5.11 Å². The zero-order valence-corrected chi connectivity index (χ0v) is 15.1. The molecule has 1 aliphatic carbocycles. The molecule has 25 heavy (non-hydrogen) atoms. The highest BCUT2D eigenvalue weighted by molar-refractivity contribution is 8.04. The Morgan fingerprint density at radius 1 is 1.32 bits per heavy atom. The van der Waals surface area contributed by atoms with Crippen LogP contribution in [0.1, 0.15) is 39.0 Å². The van der Waals surface area contributed by atoms with Gasteiger partial charge < -0.3 is 10.4 Å². The summed E-state index contributed by atoms with van der Waals surface area (Å²) in [4.78, 5) is 48.4. The van der Waals surface area contributed by atoms with Crippen LogP contribution in [0.3, 0.4) is 0 Å². The van der Waals surface area contributed by atoms with Crippen molar-refractivity contribution < 1.29 is 24.3 Å². The number of aliphatic carboxylic acids is 1. The quantitative estimate of drug-likeness (QED) is 0.628. The molecule has 2 aliphatic rings. The van der Waals surface area contributed by atoms with E-state index in [1.54, 1.807) is 0 Å². The predicted molar refractivity (Wildman–Crippen MR) is 93.6 cm³/mol. The average molecular weight is 368 g/mol. The number of carboxylic acid groups (broad SMARTS) is 1. The lowest BCUT2D eigenvalue weighted by Gasteiger charge is -2.25. The lowest BCUT2D eigenvalue weighted by atomic mass is 9.89. The van der Waals surface area contributed by atoms with Gasteiger partial charge in [0, 0.05) is 19.2 Å². The number of rotatable bonds is 8. The van der Waals surface area contributed by atoms with Crippen molar-refractivity contribution in [2.75, 3.05) is 18.8 Å². The van der Waals surface area contributed by atoms with Crippen molar-refractivity contribution in [1.29, 1.82) is 0 Å². The summed E-state index contributed by atoms with van der Waals surface area (Å²) < 4.78 is 0. The van der Waals surface area contributed by atoms with Crippen LogP contribution in [0.2, 0.25) is 0 Å². The molecule has 2 rings (SSSR count). The topological polar surface area (TPSA) is 104 Å². The number of nitrogens with one attached hydrogen (secondary N) is 1. The van der Waals surface area contributed by atoms with Gasteiger partial charge in [-0.1, -0.05) is 26.2 Å². The van der Waals surface area contributed by atoms with Gasteiger partial charge in [0.1, 0.15) is 0 Å². The van der Waals surface area contributed by atoms with Crippen LogP contribution >= 0.6 is 11.8 Å². The van der Waals surface area contributed by atoms with Crippen molar-refractivity contribution in [2.45, 2.75) is 39.0 Å². The number of amides is 3. The van der Waals surface area contributed by atoms with E-state index in [9.17, 15) is 19.2 Å². The molecular weight excluding hydrogens is 344 g/mol. The Morgan fingerprint density at radius 3 is 2.64 bits per heavy atom. The van der Waals surface area contributed by atoms with Crippen LogP contribution in [0.15, 0.2) is 11.0 Å². The van der Waals surface area contributed by atoms with Crippen LogP contribution in [-0.2, 0) is 19.2 Å². The number of thioether (sulfide) groups is 1. The van der Waals surface area contributed by atoms with Gasteiger partial charge in [-0.2, -0.15) is 0 Å². The molecule has 0 aromatic heterocycles. The highest BCUT2D eigenvalue weighted by Crippen LogP contribution is 2.29. The molecule has 0 aromatic rings. The first kappa shape index (κ1) is 19.5. The number of carboxylic acids is 1. The molecule has 1 aliphatic heterocycles. The summed E-state index contributed by atoms with van der Waals surface area (Å²) in [7, 11) is 0. The maximum Gasteiger partial charge on any atom is 0.308 e. The number of imide groups is 1. The van der Waals surface area contributed by atoms with Crippen LogP contribution in [0.5, 0.6) is 0 Å². The number of carbonyl (C=O) groups excluding carboxylic acids is 3. The van der Waals surface area contributed by atoms with Gasteiger partial charge in [0.15, 0.2) is 0 Å². The van der Waals surface area contributed by atoms with Crippen LogP contribution in [0, 0.1) is 11.8 Å². The smallest absolute Gasteiger partial charge is 0.308 e. The largest absolute Gasteiger partial charge is 0.481 e. The predicted octanol–water partition coefficient (Wildman–Crippen LogP) is 1.39. The molecule has 0 radical (unpaired) electrons. The number of hydrogen-bond donors (Lipinski definition) is 2. The number of hydrogen-bond acceptors (Lipinski definition) is 5. The summed E-state index contributed by atoms with van der Waals surface area (Å²) >= 11 is 1.02. The van der Waals surface area contributed by atoms with Crippen molar-refractivity contribution >= 4 is 35.5 Å². The van der Waals surface area contributed by atoms with Gasteiger partial charge >= 0.3 is 5.97 Å². The molecule has 138 valence electrons. The summed E-state index contributed by atoms with van der Waals surface area (Å²) in [6.07, 6.45) is 6.89. The summed E-state index contributed by atoms with van der Waals surface area (Å²) in [5.74, 6) is -2.29. The first-order chi connectivity index (χ1) is 11.9. The van der Waals surface area contributed by atoms with Crippen molar-refractivity contribution in [2.24, 2.45) is 11.8 Å². The lowest BCUT2D eigenvalue weighted by Crippen LogP contribution is -2.36. The molecule has 1 fully saturated rings. The van der Waals surface area contributed by atoms with E-state index in [1.807, 2.05) is 0 Å². The summed E-state index contributed by atoms with van der Waals surface area (Å²) in [6, 6.07) is 0. The highest BCUT2D eigenvalue weighted by Gasteiger charge is 2.33. The normalized spacial score (nSPS) is 19.7. The van der Waals surface area contributed by atoms with Crippen molar-refractivity contribution in [3.8, 4) is 0 Å². The van der Waals surface area contributed by atoms with Crippen LogP contribution in [-0.4, -0.2) is 52.5 Å². The zero-order chi connectivity index (χ0) is 18.4. The Kier molecular flexibility index (Phi) is 7.04. The fraction of sp³-hybridized carbons (Fsp3) is 0.647. The monoisotopic (exact) mass is 368 g/mol. The van der Waals surface area contributed by atoms with Crippen molar-refractivity contribution in [1.82, 2.24) is 10.2 Å². The summed E-state index contributed by atoms with van der Waals surface area (Å²) in [5.41, 5.74) is 0. The van der Waals surface area contributed by atoms with Crippen LogP contribution in [0.25, 0.3) is 0 Å². The molecule has 0 aromatic carbocycles. The number of carbonyl (C=O) groups is 4. The minimum absolute atomic E-state index is 0.0194. The molecule has 3 amide bonds. The van der Waals surface area contributed by atoms with Gasteiger partial charge in [0.25, 0.3) is 11.8 Å². The van der Waals surface area contributed by atoms with Gasteiger partial charge in [0.05, 0.1) is 16.6 Å².